The summed E-state index contributed by atoms with van der Waals surface area (Å²) in [5.41, 5.74) is 1.77. The smallest absolute Gasteiger partial charge is 0.263 e. The van der Waals surface area contributed by atoms with Crippen molar-refractivity contribution in [1.29, 1.82) is 0 Å². The first kappa shape index (κ1) is 13.0. The minimum atomic E-state index is -0.0660. The molecule has 0 aliphatic carbocycles. The van der Waals surface area contributed by atoms with Crippen molar-refractivity contribution >= 4 is 34.5 Å². The van der Waals surface area contributed by atoms with Crippen LogP contribution < -0.4 is 5.56 Å². The summed E-state index contributed by atoms with van der Waals surface area (Å²) in [5, 5.41) is 2.63. The average molecular weight is 300 g/mol. The summed E-state index contributed by atoms with van der Waals surface area (Å²) in [6.45, 7) is 4.08. The lowest BCUT2D eigenvalue weighted by atomic mass is 10.1. The van der Waals surface area contributed by atoms with Gasteiger partial charge in [0.15, 0.2) is 4.77 Å². The molecule has 0 saturated carbocycles. The lowest BCUT2D eigenvalue weighted by molar-refractivity contribution is 0.753. The number of thiophene rings is 1. The Bertz CT molecular complexity index is 888. The van der Waals surface area contributed by atoms with E-state index in [1.54, 1.807) is 17.4 Å². The van der Waals surface area contributed by atoms with E-state index in [1.807, 2.05) is 35.7 Å². The van der Waals surface area contributed by atoms with Gasteiger partial charge in [0.25, 0.3) is 5.56 Å². The van der Waals surface area contributed by atoms with Crippen LogP contribution in [0.4, 0.5) is 0 Å². The molecule has 0 bridgehead atoms. The predicted molar refractivity (Wildman–Crippen MR) is 86.9 cm³/mol. The fraction of sp³-hybridized carbons (Fsp3) is 0.0667. The molecule has 1 N–H and O–H groups in total. The standard InChI is InChI=1S/C15H12N2OS2/c1-2-8-17-14(18)12-11(16-15(17)19)9-20-13(12)10-6-4-3-5-7-10/h2-7,9H,1,8H2,(H,16,19). The maximum atomic E-state index is 12.6. The topological polar surface area (TPSA) is 37.8 Å². The number of hydrogen-bond donors (Lipinski definition) is 1. The third-order valence-electron chi connectivity index (χ3n) is 3.08. The number of aromatic amines is 1. The van der Waals surface area contributed by atoms with Gasteiger partial charge in [0.2, 0.25) is 0 Å². The molecule has 0 aliphatic heterocycles. The Labute approximate surface area is 124 Å². The van der Waals surface area contributed by atoms with Crippen LogP contribution >= 0.6 is 23.6 Å². The van der Waals surface area contributed by atoms with Crippen molar-refractivity contribution in [2.45, 2.75) is 6.54 Å². The molecule has 20 heavy (non-hydrogen) atoms. The number of allylic oxidation sites excluding steroid dienone is 1. The van der Waals surface area contributed by atoms with E-state index in [2.05, 4.69) is 11.6 Å². The van der Waals surface area contributed by atoms with Crippen LogP contribution in [0, 0.1) is 4.77 Å². The number of nitrogens with zero attached hydrogens (tertiary/aromatic N) is 1. The Morgan fingerprint density at radius 3 is 2.80 bits per heavy atom. The SMILES string of the molecule is C=CCn1c(=S)[nH]c2csc(-c3ccccc3)c2c1=O. The monoisotopic (exact) mass is 300 g/mol. The lowest BCUT2D eigenvalue weighted by Gasteiger charge is -2.04. The highest BCUT2D eigenvalue weighted by Gasteiger charge is 2.13. The first-order valence-electron chi connectivity index (χ1n) is 6.13. The first-order valence-corrected chi connectivity index (χ1v) is 7.42. The van der Waals surface area contributed by atoms with Crippen LogP contribution in [-0.2, 0) is 6.54 Å². The van der Waals surface area contributed by atoms with Crippen molar-refractivity contribution < 1.29 is 0 Å². The van der Waals surface area contributed by atoms with Gasteiger partial charge in [-0.05, 0) is 17.8 Å². The molecule has 0 spiro atoms. The molecule has 3 nitrogen and oxygen atoms in total. The Balaban J connectivity index is 2.37. The largest absolute Gasteiger partial charge is 0.331 e. The van der Waals surface area contributed by atoms with Gasteiger partial charge in [-0.3, -0.25) is 9.36 Å². The summed E-state index contributed by atoms with van der Waals surface area (Å²) in [6.07, 6.45) is 1.67. The Morgan fingerprint density at radius 1 is 1.35 bits per heavy atom. The molecular formula is C15H12N2OS2. The van der Waals surface area contributed by atoms with E-state index in [-0.39, 0.29) is 5.56 Å². The molecule has 3 aromatic rings. The summed E-state index contributed by atoms with van der Waals surface area (Å²) < 4.78 is 1.96. The van der Waals surface area contributed by atoms with Gasteiger partial charge in [0, 0.05) is 16.8 Å². The molecule has 5 heteroatoms. The molecule has 0 atom stereocenters. The van der Waals surface area contributed by atoms with Crippen LogP contribution in [0.2, 0.25) is 0 Å². The maximum Gasteiger partial charge on any atom is 0.263 e. The molecule has 0 fully saturated rings. The van der Waals surface area contributed by atoms with Gasteiger partial charge >= 0.3 is 0 Å². The molecular weight excluding hydrogens is 288 g/mol. The number of nitrogens with one attached hydrogen (secondary N) is 1. The van der Waals surface area contributed by atoms with E-state index in [9.17, 15) is 4.79 Å². The van der Waals surface area contributed by atoms with Crippen molar-refractivity contribution in [3.63, 3.8) is 0 Å². The number of benzene rings is 1. The minimum Gasteiger partial charge on any atom is -0.331 e. The van der Waals surface area contributed by atoms with Crippen molar-refractivity contribution in [2.24, 2.45) is 0 Å². The summed E-state index contributed by atoms with van der Waals surface area (Å²) >= 11 is 6.77. The fourth-order valence-electron chi connectivity index (χ4n) is 2.17. The molecule has 0 radical (unpaired) electrons. The second-order valence-corrected chi connectivity index (χ2v) is 5.62. The summed E-state index contributed by atoms with van der Waals surface area (Å²) in [6, 6.07) is 9.90. The second-order valence-electron chi connectivity index (χ2n) is 4.35. The number of H-pyrrole nitrogens is 1. The highest BCUT2D eigenvalue weighted by Crippen LogP contribution is 2.31. The van der Waals surface area contributed by atoms with E-state index < -0.39 is 0 Å². The van der Waals surface area contributed by atoms with Crippen LogP contribution in [0.25, 0.3) is 21.3 Å². The summed E-state index contributed by atoms with van der Waals surface area (Å²) in [5.74, 6) is 0. The highest BCUT2D eigenvalue weighted by molar-refractivity contribution is 7.71. The zero-order valence-corrected chi connectivity index (χ0v) is 12.3. The van der Waals surface area contributed by atoms with Crippen LogP contribution in [0.15, 0.2) is 53.2 Å². The Hall–Kier alpha value is -1.98. The van der Waals surface area contributed by atoms with Crippen molar-refractivity contribution in [1.82, 2.24) is 9.55 Å². The van der Waals surface area contributed by atoms with Gasteiger partial charge in [-0.2, -0.15) is 0 Å². The Morgan fingerprint density at radius 2 is 2.10 bits per heavy atom. The first-order chi connectivity index (χ1) is 9.72. The van der Waals surface area contributed by atoms with Crippen LogP contribution in [0.5, 0.6) is 0 Å². The molecule has 2 heterocycles. The predicted octanol–water partition coefficient (Wildman–Crippen LogP) is 3.97. The Kier molecular flexibility index (Phi) is 3.38. The van der Waals surface area contributed by atoms with Crippen LogP contribution in [0.3, 0.4) is 0 Å². The molecule has 100 valence electrons. The fourth-order valence-corrected chi connectivity index (χ4v) is 3.44. The summed E-state index contributed by atoms with van der Waals surface area (Å²) in [7, 11) is 0. The zero-order chi connectivity index (χ0) is 14.1. The second kappa shape index (κ2) is 5.19. The van der Waals surface area contributed by atoms with Gasteiger partial charge < -0.3 is 4.98 Å². The van der Waals surface area contributed by atoms with Gasteiger partial charge in [0.05, 0.1) is 10.9 Å². The minimum absolute atomic E-state index is 0.0660. The molecule has 3 rings (SSSR count). The molecule has 2 aromatic heterocycles. The lowest BCUT2D eigenvalue weighted by Crippen LogP contribution is -2.21. The van der Waals surface area contributed by atoms with E-state index in [0.717, 1.165) is 16.0 Å². The third-order valence-corrected chi connectivity index (χ3v) is 4.44. The van der Waals surface area contributed by atoms with Crippen LogP contribution in [0.1, 0.15) is 0 Å². The molecule has 0 aliphatic rings. The van der Waals surface area contributed by atoms with Crippen molar-refractivity contribution in [3.8, 4) is 10.4 Å². The molecule has 0 unspecified atom stereocenters. The van der Waals surface area contributed by atoms with Crippen molar-refractivity contribution in [2.75, 3.05) is 0 Å². The zero-order valence-electron chi connectivity index (χ0n) is 10.6. The quantitative estimate of drug-likeness (QED) is 0.587. The molecule has 1 aromatic carbocycles. The van der Waals surface area contributed by atoms with Gasteiger partial charge in [-0.15, -0.1) is 17.9 Å². The number of aromatic nitrogens is 2. The van der Waals surface area contributed by atoms with E-state index in [4.69, 9.17) is 12.2 Å². The van der Waals surface area contributed by atoms with Gasteiger partial charge in [0.1, 0.15) is 0 Å². The molecule has 0 amide bonds. The summed E-state index contributed by atoms with van der Waals surface area (Å²) in [4.78, 5) is 16.7. The molecule has 0 saturated heterocycles. The number of rotatable bonds is 3. The van der Waals surface area contributed by atoms with Gasteiger partial charge in [-0.25, -0.2) is 0 Å². The average Bonchev–Trinajstić information content (AvgIpc) is 2.88. The van der Waals surface area contributed by atoms with E-state index >= 15 is 0 Å². The van der Waals surface area contributed by atoms with E-state index in [0.29, 0.717) is 16.7 Å². The van der Waals surface area contributed by atoms with E-state index in [1.165, 1.54) is 4.57 Å². The number of hydrogen-bond acceptors (Lipinski definition) is 3. The van der Waals surface area contributed by atoms with Gasteiger partial charge in [-0.1, -0.05) is 36.4 Å². The number of fused-ring (bicyclic) bond motifs is 1. The normalized spacial score (nSPS) is 10.8. The van der Waals surface area contributed by atoms with Crippen LogP contribution in [-0.4, -0.2) is 9.55 Å². The third kappa shape index (κ3) is 2.05. The highest BCUT2D eigenvalue weighted by atomic mass is 32.1. The maximum absolute atomic E-state index is 12.6. The van der Waals surface area contributed by atoms with Crippen molar-refractivity contribution in [3.05, 3.63) is 63.5 Å².